The summed E-state index contributed by atoms with van der Waals surface area (Å²) >= 11 is 0. The van der Waals surface area contributed by atoms with Crippen molar-refractivity contribution in [3.63, 3.8) is 0 Å². The second-order valence-corrected chi connectivity index (χ2v) is 12.5. The summed E-state index contributed by atoms with van der Waals surface area (Å²) in [5.41, 5.74) is 0. The van der Waals surface area contributed by atoms with Crippen LogP contribution in [0.15, 0.2) is 0 Å². The van der Waals surface area contributed by atoms with Gasteiger partial charge in [-0.3, -0.25) is 0 Å². The number of rotatable bonds is 26. The van der Waals surface area contributed by atoms with Crippen molar-refractivity contribution in [2.24, 2.45) is 29.6 Å². The van der Waals surface area contributed by atoms with E-state index in [-0.39, 0.29) is 0 Å². The highest BCUT2D eigenvalue weighted by molar-refractivity contribution is 4.70. The lowest BCUT2D eigenvalue weighted by atomic mass is 9.87. The van der Waals surface area contributed by atoms with Crippen LogP contribution in [0.4, 0.5) is 0 Å². The van der Waals surface area contributed by atoms with Crippen molar-refractivity contribution in [3.8, 4) is 0 Å². The van der Waals surface area contributed by atoms with Crippen molar-refractivity contribution in [1.29, 1.82) is 0 Å². The number of unbranched alkanes of at least 4 members (excludes halogenated alkanes) is 5. The zero-order valence-electron chi connectivity index (χ0n) is 26.0. The molecular formula is C33H67O3. The van der Waals surface area contributed by atoms with E-state index in [2.05, 4.69) is 48.5 Å². The minimum absolute atomic E-state index is 0.490. The summed E-state index contributed by atoms with van der Waals surface area (Å²) in [6.45, 7) is 20.1. The zero-order chi connectivity index (χ0) is 27.2. The van der Waals surface area contributed by atoms with Crippen molar-refractivity contribution in [2.45, 2.75) is 164 Å². The Balaban J connectivity index is 4.40. The maximum Gasteiger partial charge on any atom is 0.198 e. The van der Waals surface area contributed by atoms with Crippen LogP contribution in [-0.2, 0) is 14.6 Å². The lowest BCUT2D eigenvalue weighted by Gasteiger charge is -2.28. The van der Waals surface area contributed by atoms with Gasteiger partial charge in [-0.15, -0.1) is 0 Å². The van der Waals surface area contributed by atoms with Gasteiger partial charge in [0.05, 0.1) is 6.61 Å². The van der Waals surface area contributed by atoms with Crippen molar-refractivity contribution in [1.82, 2.24) is 0 Å². The van der Waals surface area contributed by atoms with Crippen LogP contribution in [0.1, 0.15) is 158 Å². The molecule has 0 amide bonds. The van der Waals surface area contributed by atoms with Gasteiger partial charge in [-0.1, -0.05) is 106 Å². The highest BCUT2D eigenvalue weighted by Crippen LogP contribution is 2.28. The smallest absolute Gasteiger partial charge is 0.198 e. The molecular weight excluding hydrogens is 444 g/mol. The van der Waals surface area contributed by atoms with Crippen LogP contribution in [0.2, 0.25) is 0 Å². The van der Waals surface area contributed by atoms with Gasteiger partial charge in [0, 0.05) is 19.6 Å². The molecule has 0 N–H and O–H groups in total. The molecule has 217 valence electrons. The molecule has 3 nitrogen and oxygen atoms in total. The highest BCUT2D eigenvalue weighted by Gasteiger charge is 2.27. The Kier molecular flexibility index (Phi) is 22.8. The largest absolute Gasteiger partial charge is 0.381 e. The monoisotopic (exact) mass is 512 g/mol. The van der Waals surface area contributed by atoms with E-state index in [4.69, 9.17) is 9.47 Å². The average molecular weight is 512 g/mol. The zero-order valence-corrected chi connectivity index (χ0v) is 26.0. The average Bonchev–Trinajstić information content (AvgIpc) is 2.83. The third-order valence-corrected chi connectivity index (χ3v) is 8.26. The van der Waals surface area contributed by atoms with Gasteiger partial charge in [-0.25, -0.2) is 0 Å². The second kappa shape index (κ2) is 22.8. The first-order valence-corrected chi connectivity index (χ1v) is 16.1. The molecule has 3 heteroatoms. The molecule has 0 aliphatic heterocycles. The maximum atomic E-state index is 13.0. The molecule has 36 heavy (non-hydrogen) atoms. The van der Waals surface area contributed by atoms with E-state index < -0.39 is 5.79 Å². The molecule has 0 bridgehead atoms. The molecule has 0 saturated carbocycles. The summed E-state index contributed by atoms with van der Waals surface area (Å²) in [6, 6.07) is 0. The molecule has 0 rings (SSSR count). The van der Waals surface area contributed by atoms with Crippen LogP contribution in [0.5, 0.6) is 0 Å². The fraction of sp³-hybridized carbons (Fsp3) is 1.00. The summed E-state index contributed by atoms with van der Waals surface area (Å²) in [5, 5.41) is 13.0. The van der Waals surface area contributed by atoms with E-state index >= 15 is 0 Å². The SMILES string of the molecule is CCCCCCCC(CCC)COCC(C)CCC(CCCC)COC(C)([O])CCC(CC)C(C)C. The quantitative estimate of drug-likeness (QED) is 0.0855. The minimum Gasteiger partial charge on any atom is -0.381 e. The first kappa shape index (κ1) is 35.9. The predicted octanol–water partition coefficient (Wildman–Crippen LogP) is 10.6. The lowest BCUT2D eigenvalue weighted by molar-refractivity contribution is -0.240. The minimum atomic E-state index is -1.26. The van der Waals surface area contributed by atoms with E-state index in [1.54, 1.807) is 6.92 Å². The van der Waals surface area contributed by atoms with E-state index in [9.17, 15) is 5.11 Å². The van der Waals surface area contributed by atoms with Crippen molar-refractivity contribution < 1.29 is 14.6 Å². The van der Waals surface area contributed by atoms with Crippen LogP contribution in [0.3, 0.4) is 0 Å². The van der Waals surface area contributed by atoms with Gasteiger partial charge in [-0.2, -0.15) is 5.11 Å². The molecule has 0 saturated heterocycles. The number of ether oxygens (including phenoxy) is 2. The Morgan fingerprint density at radius 3 is 1.89 bits per heavy atom. The van der Waals surface area contributed by atoms with Gasteiger partial charge in [0.25, 0.3) is 0 Å². The third kappa shape index (κ3) is 19.9. The first-order valence-electron chi connectivity index (χ1n) is 16.1. The van der Waals surface area contributed by atoms with Gasteiger partial charge in [-0.05, 0) is 75.0 Å². The van der Waals surface area contributed by atoms with Gasteiger partial charge >= 0.3 is 0 Å². The molecule has 0 aromatic heterocycles. The molecule has 0 aliphatic carbocycles. The molecule has 5 atom stereocenters. The summed E-state index contributed by atoms with van der Waals surface area (Å²) < 4.78 is 12.2. The van der Waals surface area contributed by atoms with Gasteiger partial charge in [0.15, 0.2) is 5.79 Å². The van der Waals surface area contributed by atoms with Crippen LogP contribution in [0, 0.1) is 29.6 Å². The van der Waals surface area contributed by atoms with Gasteiger partial charge in [0.1, 0.15) is 0 Å². The summed E-state index contributed by atoms with van der Waals surface area (Å²) in [6.07, 6.45) is 19.3. The molecule has 0 aromatic carbocycles. The summed E-state index contributed by atoms with van der Waals surface area (Å²) in [7, 11) is 0. The lowest BCUT2D eigenvalue weighted by Crippen LogP contribution is -2.30. The third-order valence-electron chi connectivity index (χ3n) is 8.26. The fourth-order valence-electron chi connectivity index (χ4n) is 5.42. The maximum absolute atomic E-state index is 13.0. The van der Waals surface area contributed by atoms with E-state index in [1.807, 2.05) is 0 Å². The Bertz CT molecular complexity index is 462. The Morgan fingerprint density at radius 1 is 0.639 bits per heavy atom. The van der Waals surface area contributed by atoms with Crippen LogP contribution in [0.25, 0.3) is 0 Å². The second-order valence-electron chi connectivity index (χ2n) is 12.5. The van der Waals surface area contributed by atoms with E-state index in [0.717, 1.165) is 44.8 Å². The first-order chi connectivity index (χ1) is 17.2. The fourth-order valence-corrected chi connectivity index (χ4v) is 5.42. The highest BCUT2D eigenvalue weighted by atomic mass is 16.6. The molecule has 0 fully saturated rings. The van der Waals surface area contributed by atoms with Crippen LogP contribution >= 0.6 is 0 Å². The Morgan fingerprint density at radius 2 is 1.28 bits per heavy atom. The van der Waals surface area contributed by atoms with Crippen molar-refractivity contribution >= 4 is 0 Å². The normalized spacial score (nSPS) is 17.2. The number of hydrogen-bond donors (Lipinski definition) is 0. The van der Waals surface area contributed by atoms with E-state index in [1.165, 1.54) is 70.6 Å². The predicted molar refractivity (Wildman–Crippen MR) is 157 cm³/mol. The topological polar surface area (TPSA) is 38.4 Å². The summed E-state index contributed by atoms with van der Waals surface area (Å²) in [5.74, 6) is 1.78. The van der Waals surface area contributed by atoms with Gasteiger partial charge < -0.3 is 9.47 Å². The molecule has 0 aromatic rings. The van der Waals surface area contributed by atoms with Crippen molar-refractivity contribution in [3.05, 3.63) is 0 Å². The molecule has 0 heterocycles. The molecule has 0 spiro atoms. The van der Waals surface area contributed by atoms with Crippen molar-refractivity contribution in [2.75, 3.05) is 19.8 Å². The van der Waals surface area contributed by atoms with E-state index in [0.29, 0.717) is 36.7 Å². The van der Waals surface area contributed by atoms with Crippen LogP contribution in [-0.4, -0.2) is 25.6 Å². The Hall–Kier alpha value is -0.120. The number of hydrogen-bond acceptors (Lipinski definition) is 2. The van der Waals surface area contributed by atoms with Crippen LogP contribution < -0.4 is 0 Å². The standard InChI is InChI=1S/C33H67O3/c1-9-13-15-16-17-20-30(18-11-3)26-35-25-29(7)21-22-31(19-14-10-2)27-36-33(8,34)24-23-32(12-4)28(5)6/h28-32H,9-27H2,1-8H3. The molecule has 5 unspecified atom stereocenters. The molecule has 0 aliphatic rings. The Labute approximate surface area is 227 Å². The summed E-state index contributed by atoms with van der Waals surface area (Å²) in [4.78, 5) is 0. The molecule has 1 radical (unpaired) electrons. The van der Waals surface area contributed by atoms with Gasteiger partial charge in [0.2, 0.25) is 0 Å².